The number of pyridine rings is 2. The van der Waals surface area contributed by atoms with Crippen LogP contribution in [-0.4, -0.2) is 48.8 Å². The van der Waals surface area contributed by atoms with Crippen LogP contribution >= 0.6 is 11.6 Å². The molecule has 2 saturated carbocycles. The average molecular weight is 416 g/mol. The number of nitrogens with zero attached hydrogens (tertiary/aromatic N) is 3. The van der Waals surface area contributed by atoms with Crippen LogP contribution in [0.2, 0.25) is 5.15 Å². The highest BCUT2D eigenvalue weighted by atomic mass is 35.5. The predicted octanol–water partition coefficient (Wildman–Crippen LogP) is 5.19. The van der Waals surface area contributed by atoms with Gasteiger partial charge in [-0.25, -0.2) is 9.97 Å². The standard InChI is InChI=1S/C23H30ClN3O2/c1-14(13-28-4)19-11-26-23(20-12-25-21(24)10-18(19)20)29-17-8-16(9-17)22(27(2)3)15-6-5-7-15/h10-12,14,16-17H,5-9,13H2,1-4H3. The minimum Gasteiger partial charge on any atom is -0.474 e. The van der Waals surface area contributed by atoms with Crippen LogP contribution in [0.5, 0.6) is 5.88 Å². The molecule has 0 aliphatic heterocycles. The van der Waals surface area contributed by atoms with E-state index >= 15 is 0 Å². The smallest absolute Gasteiger partial charge is 0.223 e. The van der Waals surface area contributed by atoms with Gasteiger partial charge in [0.1, 0.15) is 11.3 Å². The minimum atomic E-state index is 0.198. The van der Waals surface area contributed by atoms with Crippen LogP contribution in [0.4, 0.5) is 0 Å². The third-order valence-electron chi connectivity index (χ3n) is 6.24. The van der Waals surface area contributed by atoms with Crippen LogP contribution in [0.15, 0.2) is 29.7 Å². The Morgan fingerprint density at radius 2 is 1.97 bits per heavy atom. The van der Waals surface area contributed by atoms with E-state index in [1.54, 1.807) is 18.9 Å². The van der Waals surface area contributed by atoms with Crippen molar-refractivity contribution in [1.29, 1.82) is 0 Å². The van der Waals surface area contributed by atoms with Crippen molar-refractivity contribution in [2.45, 2.75) is 51.0 Å². The van der Waals surface area contributed by atoms with Crippen molar-refractivity contribution in [3.8, 4) is 5.88 Å². The first kappa shape index (κ1) is 20.4. The Morgan fingerprint density at radius 3 is 2.59 bits per heavy atom. The highest BCUT2D eigenvalue weighted by Crippen LogP contribution is 2.43. The molecule has 6 heteroatoms. The maximum atomic E-state index is 6.32. The molecular weight excluding hydrogens is 386 g/mol. The van der Waals surface area contributed by atoms with Crippen LogP contribution < -0.4 is 4.74 Å². The van der Waals surface area contributed by atoms with Gasteiger partial charge in [0.05, 0.1) is 12.0 Å². The highest BCUT2D eigenvalue weighted by Gasteiger charge is 2.37. The molecule has 0 radical (unpaired) electrons. The van der Waals surface area contributed by atoms with Gasteiger partial charge < -0.3 is 14.4 Å². The van der Waals surface area contributed by atoms with Gasteiger partial charge in [0, 0.05) is 51.1 Å². The van der Waals surface area contributed by atoms with Crippen molar-refractivity contribution in [3.05, 3.63) is 40.4 Å². The van der Waals surface area contributed by atoms with E-state index in [4.69, 9.17) is 21.1 Å². The molecule has 5 nitrogen and oxygen atoms in total. The second-order valence-corrected chi connectivity index (χ2v) is 8.96. The molecule has 156 valence electrons. The Balaban J connectivity index is 1.53. The van der Waals surface area contributed by atoms with Gasteiger partial charge in [-0.15, -0.1) is 0 Å². The summed E-state index contributed by atoms with van der Waals surface area (Å²) in [4.78, 5) is 11.2. The molecule has 1 atom stereocenters. The molecule has 0 amide bonds. The summed E-state index contributed by atoms with van der Waals surface area (Å²) >= 11 is 6.19. The summed E-state index contributed by atoms with van der Waals surface area (Å²) < 4.78 is 11.7. The molecule has 2 fully saturated rings. The topological polar surface area (TPSA) is 47.5 Å². The predicted molar refractivity (Wildman–Crippen MR) is 117 cm³/mol. The van der Waals surface area contributed by atoms with Crippen molar-refractivity contribution in [2.24, 2.45) is 5.92 Å². The lowest BCUT2D eigenvalue weighted by molar-refractivity contribution is 0.0668. The van der Waals surface area contributed by atoms with E-state index in [1.807, 2.05) is 12.3 Å². The Labute approximate surface area is 178 Å². The average Bonchev–Trinajstić information content (AvgIpc) is 2.60. The molecule has 0 aromatic carbocycles. The van der Waals surface area contributed by atoms with Gasteiger partial charge in [-0.1, -0.05) is 24.1 Å². The zero-order valence-corrected chi connectivity index (χ0v) is 18.5. The van der Waals surface area contributed by atoms with Gasteiger partial charge in [-0.3, -0.25) is 0 Å². The van der Waals surface area contributed by atoms with Crippen molar-refractivity contribution >= 4 is 22.4 Å². The first-order valence-electron chi connectivity index (χ1n) is 10.5. The van der Waals surface area contributed by atoms with E-state index in [1.165, 1.54) is 25.0 Å². The van der Waals surface area contributed by atoms with Gasteiger partial charge >= 0.3 is 0 Å². The number of aromatic nitrogens is 2. The molecule has 4 rings (SSSR count). The van der Waals surface area contributed by atoms with Gasteiger partial charge in [-0.05, 0) is 49.1 Å². The lowest BCUT2D eigenvalue weighted by Gasteiger charge is -2.41. The lowest BCUT2D eigenvalue weighted by Crippen LogP contribution is -2.39. The van der Waals surface area contributed by atoms with Crippen LogP contribution in [0, 0.1) is 5.92 Å². The zero-order valence-electron chi connectivity index (χ0n) is 17.7. The van der Waals surface area contributed by atoms with Gasteiger partial charge in [0.2, 0.25) is 5.88 Å². The number of ether oxygens (including phenoxy) is 2. The van der Waals surface area contributed by atoms with Gasteiger partial charge in [0.25, 0.3) is 0 Å². The second kappa shape index (κ2) is 8.49. The van der Waals surface area contributed by atoms with Crippen molar-refractivity contribution in [2.75, 3.05) is 27.8 Å². The monoisotopic (exact) mass is 415 g/mol. The summed E-state index contributed by atoms with van der Waals surface area (Å²) in [6.45, 7) is 2.76. The SMILES string of the molecule is COCC(C)c1cnc(OC2CC(C(=C3CCC3)N(C)C)C2)c2cnc(Cl)cc12. The Bertz CT molecular complexity index is 916. The van der Waals surface area contributed by atoms with E-state index in [0.29, 0.717) is 23.6 Å². The summed E-state index contributed by atoms with van der Waals surface area (Å²) in [6, 6.07) is 1.90. The van der Waals surface area contributed by atoms with Crippen LogP contribution in [0.1, 0.15) is 50.5 Å². The molecule has 0 spiro atoms. The van der Waals surface area contributed by atoms with Crippen molar-refractivity contribution in [3.63, 3.8) is 0 Å². The fourth-order valence-corrected chi connectivity index (χ4v) is 4.71. The Hall–Kier alpha value is -1.85. The number of methoxy groups -OCH3 is 1. The molecule has 0 bridgehead atoms. The first-order chi connectivity index (χ1) is 14.0. The normalized spacial score (nSPS) is 22.0. The summed E-state index contributed by atoms with van der Waals surface area (Å²) in [6.07, 6.45) is 9.81. The molecule has 2 aliphatic rings. The maximum Gasteiger partial charge on any atom is 0.223 e. The molecule has 29 heavy (non-hydrogen) atoms. The van der Waals surface area contributed by atoms with Crippen molar-refractivity contribution in [1.82, 2.24) is 14.9 Å². The van der Waals surface area contributed by atoms with Crippen molar-refractivity contribution < 1.29 is 9.47 Å². The van der Waals surface area contributed by atoms with Crippen LogP contribution in [-0.2, 0) is 4.74 Å². The molecule has 2 aromatic rings. The largest absolute Gasteiger partial charge is 0.474 e. The Morgan fingerprint density at radius 1 is 1.21 bits per heavy atom. The number of hydrogen-bond acceptors (Lipinski definition) is 5. The number of fused-ring (bicyclic) bond motifs is 1. The highest BCUT2D eigenvalue weighted by molar-refractivity contribution is 6.30. The molecular formula is C23H30ClN3O2. The molecule has 2 aliphatic carbocycles. The number of halogens is 1. The fourth-order valence-electron chi connectivity index (χ4n) is 4.56. The van der Waals surface area contributed by atoms with Crippen LogP contribution in [0.3, 0.4) is 0 Å². The quantitative estimate of drug-likeness (QED) is 0.582. The summed E-state index contributed by atoms with van der Waals surface area (Å²) in [7, 11) is 6.05. The van der Waals surface area contributed by atoms with E-state index in [0.717, 1.165) is 29.2 Å². The lowest BCUT2D eigenvalue weighted by atomic mass is 9.75. The second-order valence-electron chi connectivity index (χ2n) is 8.57. The van der Waals surface area contributed by atoms with Gasteiger partial charge in [0.15, 0.2) is 0 Å². The van der Waals surface area contributed by atoms with Crippen LogP contribution in [0.25, 0.3) is 10.8 Å². The van der Waals surface area contributed by atoms with E-state index in [9.17, 15) is 0 Å². The third kappa shape index (κ3) is 4.08. The molecule has 0 saturated heterocycles. The summed E-state index contributed by atoms with van der Waals surface area (Å²) in [5.74, 6) is 1.47. The number of hydrogen-bond donors (Lipinski definition) is 0. The van der Waals surface area contributed by atoms with E-state index in [-0.39, 0.29) is 12.0 Å². The molecule has 0 N–H and O–H groups in total. The number of allylic oxidation sites excluding steroid dienone is 2. The summed E-state index contributed by atoms with van der Waals surface area (Å²) in [5.41, 5.74) is 4.28. The molecule has 2 heterocycles. The molecule has 1 unspecified atom stereocenters. The zero-order chi connectivity index (χ0) is 20.5. The Kier molecular flexibility index (Phi) is 5.98. The van der Waals surface area contributed by atoms with E-state index in [2.05, 4.69) is 35.9 Å². The summed E-state index contributed by atoms with van der Waals surface area (Å²) in [5, 5.41) is 2.44. The third-order valence-corrected chi connectivity index (χ3v) is 6.45. The van der Waals surface area contributed by atoms with E-state index < -0.39 is 0 Å². The fraction of sp³-hybridized carbons (Fsp3) is 0.565. The number of rotatable bonds is 7. The van der Waals surface area contributed by atoms with Gasteiger partial charge in [-0.2, -0.15) is 0 Å². The molecule has 2 aromatic heterocycles. The minimum absolute atomic E-state index is 0.198. The first-order valence-corrected chi connectivity index (χ1v) is 10.8. The maximum absolute atomic E-state index is 6.32.